The normalized spacial score (nSPS) is 10.5. The molecule has 1 amide bonds. The Balaban J connectivity index is 2.21. The summed E-state index contributed by atoms with van der Waals surface area (Å²) in [5.41, 5.74) is 0.406. The number of hydrogen-bond donors (Lipinski definition) is 2. The van der Waals surface area contributed by atoms with Crippen molar-refractivity contribution in [3.05, 3.63) is 47.7 Å². The highest BCUT2D eigenvalue weighted by Gasteiger charge is 2.13. The van der Waals surface area contributed by atoms with Crippen molar-refractivity contribution in [3.8, 4) is 11.5 Å². The van der Waals surface area contributed by atoms with E-state index in [0.29, 0.717) is 23.7 Å². The minimum absolute atomic E-state index is 0.0439. The quantitative estimate of drug-likeness (QED) is 0.748. The van der Waals surface area contributed by atoms with Gasteiger partial charge >= 0.3 is 5.97 Å². The maximum absolute atomic E-state index is 12.5. The first-order valence-corrected chi connectivity index (χ1v) is 8.34. The number of nitrogens with zero attached hydrogens (tertiary/aromatic N) is 1. The fraction of sp³-hybridized carbons (Fsp3) is 0.316. The topological polar surface area (TPSA) is 97.8 Å². The minimum Gasteiger partial charge on any atom is -0.493 e. The number of amides is 1. The number of aromatic nitrogens is 1. The number of pyridine rings is 1. The summed E-state index contributed by atoms with van der Waals surface area (Å²) >= 11 is 0. The third-order valence-electron chi connectivity index (χ3n) is 3.24. The van der Waals surface area contributed by atoms with Gasteiger partial charge in [-0.05, 0) is 44.5 Å². The van der Waals surface area contributed by atoms with E-state index in [4.69, 9.17) is 14.6 Å². The van der Waals surface area contributed by atoms with Gasteiger partial charge < -0.3 is 19.9 Å². The van der Waals surface area contributed by atoms with E-state index in [1.54, 1.807) is 18.2 Å². The molecule has 7 heteroatoms. The molecule has 0 saturated heterocycles. The summed E-state index contributed by atoms with van der Waals surface area (Å²) in [7, 11) is 0. The van der Waals surface area contributed by atoms with Gasteiger partial charge in [-0.15, -0.1) is 0 Å². The highest BCUT2D eigenvalue weighted by Crippen LogP contribution is 2.25. The summed E-state index contributed by atoms with van der Waals surface area (Å²) in [6.45, 7) is 6.32. The number of ether oxygens (including phenoxy) is 2. The predicted molar refractivity (Wildman–Crippen MR) is 97.1 cm³/mol. The molecule has 0 aliphatic heterocycles. The van der Waals surface area contributed by atoms with E-state index in [1.165, 1.54) is 18.3 Å². The standard InChI is InChI=1S/C19H22N2O5/c1-4-7-25-15-8-14(9-16(10-15)26-12(2)3)18(22)21-17-6-5-13(11-20-17)19(23)24/h5-6,8-12H,4,7H2,1-3H3,(H,23,24)(H,20,21,22). The van der Waals surface area contributed by atoms with Crippen LogP contribution in [-0.2, 0) is 0 Å². The monoisotopic (exact) mass is 358 g/mol. The lowest BCUT2D eigenvalue weighted by atomic mass is 10.2. The van der Waals surface area contributed by atoms with E-state index in [0.717, 1.165) is 6.42 Å². The van der Waals surface area contributed by atoms with Gasteiger partial charge in [0.15, 0.2) is 0 Å². The van der Waals surface area contributed by atoms with Crippen LogP contribution in [0.25, 0.3) is 0 Å². The van der Waals surface area contributed by atoms with Crippen LogP contribution in [0.5, 0.6) is 11.5 Å². The summed E-state index contributed by atoms with van der Waals surface area (Å²) < 4.78 is 11.3. The maximum atomic E-state index is 12.5. The molecule has 7 nitrogen and oxygen atoms in total. The van der Waals surface area contributed by atoms with Crippen LogP contribution in [0.4, 0.5) is 5.82 Å². The van der Waals surface area contributed by atoms with Crippen LogP contribution < -0.4 is 14.8 Å². The van der Waals surface area contributed by atoms with Crippen LogP contribution in [0.3, 0.4) is 0 Å². The molecule has 0 aliphatic carbocycles. The second kappa shape index (κ2) is 8.84. The number of anilines is 1. The van der Waals surface area contributed by atoms with Crippen LogP contribution in [0.15, 0.2) is 36.5 Å². The molecule has 0 aliphatic rings. The first-order valence-electron chi connectivity index (χ1n) is 8.34. The molecule has 0 atom stereocenters. The van der Waals surface area contributed by atoms with Gasteiger partial charge in [0.2, 0.25) is 0 Å². The van der Waals surface area contributed by atoms with Gasteiger partial charge in [-0.25, -0.2) is 9.78 Å². The van der Waals surface area contributed by atoms with E-state index in [1.807, 2.05) is 20.8 Å². The Bertz CT molecular complexity index is 772. The molecule has 1 aromatic carbocycles. The number of hydrogen-bond acceptors (Lipinski definition) is 5. The lowest BCUT2D eigenvalue weighted by Gasteiger charge is -2.14. The zero-order valence-corrected chi connectivity index (χ0v) is 15.0. The summed E-state index contributed by atoms with van der Waals surface area (Å²) in [4.78, 5) is 27.3. The van der Waals surface area contributed by atoms with E-state index in [9.17, 15) is 9.59 Å². The van der Waals surface area contributed by atoms with Crippen molar-refractivity contribution in [2.75, 3.05) is 11.9 Å². The van der Waals surface area contributed by atoms with Crippen LogP contribution >= 0.6 is 0 Å². The molecule has 2 rings (SSSR count). The van der Waals surface area contributed by atoms with Crippen molar-refractivity contribution in [3.63, 3.8) is 0 Å². The number of benzene rings is 1. The molecule has 2 N–H and O–H groups in total. The minimum atomic E-state index is -1.08. The van der Waals surface area contributed by atoms with Gasteiger partial charge in [-0.1, -0.05) is 6.92 Å². The average Bonchev–Trinajstić information content (AvgIpc) is 2.59. The van der Waals surface area contributed by atoms with Crippen molar-refractivity contribution in [2.45, 2.75) is 33.3 Å². The molecule has 0 spiro atoms. The smallest absolute Gasteiger partial charge is 0.337 e. The zero-order chi connectivity index (χ0) is 19.1. The number of carbonyl (C=O) groups is 2. The average molecular weight is 358 g/mol. The lowest BCUT2D eigenvalue weighted by Crippen LogP contribution is -2.14. The van der Waals surface area contributed by atoms with Gasteiger partial charge in [0.1, 0.15) is 17.3 Å². The number of carbonyl (C=O) groups excluding carboxylic acids is 1. The Kier molecular flexibility index (Phi) is 6.54. The lowest BCUT2D eigenvalue weighted by molar-refractivity contribution is 0.0696. The number of rotatable bonds is 8. The van der Waals surface area contributed by atoms with Crippen molar-refractivity contribution >= 4 is 17.7 Å². The third-order valence-corrected chi connectivity index (χ3v) is 3.24. The van der Waals surface area contributed by atoms with Crippen molar-refractivity contribution < 1.29 is 24.2 Å². The van der Waals surface area contributed by atoms with Crippen LogP contribution in [0.2, 0.25) is 0 Å². The first kappa shape index (κ1) is 19.2. The van der Waals surface area contributed by atoms with E-state index in [-0.39, 0.29) is 17.5 Å². The number of nitrogens with one attached hydrogen (secondary N) is 1. The molecule has 1 aromatic heterocycles. The fourth-order valence-electron chi connectivity index (χ4n) is 2.13. The SMILES string of the molecule is CCCOc1cc(OC(C)C)cc(C(=O)Nc2ccc(C(=O)O)cn2)c1. The molecule has 0 bridgehead atoms. The Hall–Kier alpha value is -3.09. The molecule has 2 aromatic rings. The fourth-order valence-corrected chi connectivity index (χ4v) is 2.13. The molecule has 0 saturated carbocycles. The predicted octanol–water partition coefficient (Wildman–Crippen LogP) is 3.61. The van der Waals surface area contributed by atoms with Crippen molar-refractivity contribution in [2.24, 2.45) is 0 Å². The first-order chi connectivity index (χ1) is 12.4. The molecule has 26 heavy (non-hydrogen) atoms. The zero-order valence-electron chi connectivity index (χ0n) is 15.0. The second-order valence-corrected chi connectivity index (χ2v) is 5.90. The molecule has 0 radical (unpaired) electrons. The maximum Gasteiger partial charge on any atom is 0.337 e. The molecule has 1 heterocycles. The van der Waals surface area contributed by atoms with Gasteiger partial charge in [-0.2, -0.15) is 0 Å². The second-order valence-electron chi connectivity index (χ2n) is 5.90. The molecular weight excluding hydrogens is 336 g/mol. The summed E-state index contributed by atoms with van der Waals surface area (Å²) in [5.74, 6) is -0.133. The Morgan fingerprint density at radius 1 is 1.15 bits per heavy atom. The van der Waals surface area contributed by atoms with Crippen LogP contribution in [0.1, 0.15) is 47.9 Å². The van der Waals surface area contributed by atoms with E-state index < -0.39 is 11.9 Å². The van der Waals surface area contributed by atoms with Gasteiger partial charge in [0, 0.05) is 17.8 Å². The van der Waals surface area contributed by atoms with Gasteiger partial charge in [0.05, 0.1) is 18.3 Å². The molecule has 138 valence electrons. The number of carboxylic acid groups (broad SMARTS) is 1. The van der Waals surface area contributed by atoms with Crippen LogP contribution in [-0.4, -0.2) is 34.7 Å². The van der Waals surface area contributed by atoms with E-state index >= 15 is 0 Å². The van der Waals surface area contributed by atoms with Gasteiger partial charge in [0.25, 0.3) is 5.91 Å². The summed E-state index contributed by atoms with van der Waals surface area (Å²) in [6.07, 6.45) is 1.99. The van der Waals surface area contributed by atoms with Crippen molar-refractivity contribution in [1.82, 2.24) is 4.98 Å². The van der Waals surface area contributed by atoms with Crippen LogP contribution in [0, 0.1) is 0 Å². The van der Waals surface area contributed by atoms with E-state index in [2.05, 4.69) is 10.3 Å². The molecule has 0 unspecified atom stereocenters. The Morgan fingerprint density at radius 2 is 1.88 bits per heavy atom. The Labute approximate surface area is 152 Å². The largest absolute Gasteiger partial charge is 0.493 e. The number of aromatic carboxylic acids is 1. The Morgan fingerprint density at radius 3 is 2.46 bits per heavy atom. The highest BCUT2D eigenvalue weighted by molar-refractivity contribution is 6.04. The van der Waals surface area contributed by atoms with Gasteiger partial charge in [-0.3, -0.25) is 4.79 Å². The highest BCUT2D eigenvalue weighted by atomic mass is 16.5. The summed E-state index contributed by atoms with van der Waals surface area (Å²) in [5, 5.41) is 11.5. The summed E-state index contributed by atoms with van der Waals surface area (Å²) in [6, 6.07) is 7.80. The number of carboxylic acids is 1. The van der Waals surface area contributed by atoms with Crippen molar-refractivity contribution in [1.29, 1.82) is 0 Å². The third kappa shape index (κ3) is 5.47. The molecule has 0 fully saturated rings. The molecular formula is C19H22N2O5.